The maximum Gasteiger partial charge on any atom is 0.416 e. The van der Waals surface area contributed by atoms with Crippen LogP contribution in [0.4, 0.5) is 18.9 Å². The van der Waals surface area contributed by atoms with Crippen LogP contribution in [0.25, 0.3) is 0 Å². The molecule has 1 aromatic rings. The fourth-order valence-corrected chi connectivity index (χ4v) is 2.43. The van der Waals surface area contributed by atoms with E-state index in [0.717, 1.165) is 38.1 Å². The molecular weight excluding hydrogens is 257 g/mol. The van der Waals surface area contributed by atoms with Gasteiger partial charge in [0.1, 0.15) is 0 Å². The highest BCUT2D eigenvalue weighted by Gasteiger charge is 2.32. The van der Waals surface area contributed by atoms with E-state index in [2.05, 4.69) is 5.32 Å². The minimum atomic E-state index is -4.41. The van der Waals surface area contributed by atoms with Crippen molar-refractivity contribution in [2.75, 3.05) is 18.8 Å². The second-order valence-corrected chi connectivity index (χ2v) is 4.87. The lowest BCUT2D eigenvalue weighted by atomic mass is 9.87. The zero-order valence-corrected chi connectivity index (χ0v) is 10.4. The Labute approximate surface area is 109 Å². The third-order valence-corrected chi connectivity index (χ3v) is 3.56. The van der Waals surface area contributed by atoms with Crippen LogP contribution < -0.4 is 11.1 Å². The van der Waals surface area contributed by atoms with Gasteiger partial charge in [0, 0.05) is 11.3 Å². The third-order valence-electron chi connectivity index (χ3n) is 3.56. The lowest BCUT2D eigenvalue weighted by Crippen LogP contribution is -2.31. The van der Waals surface area contributed by atoms with E-state index in [0.29, 0.717) is 5.56 Å². The monoisotopic (exact) mass is 274 g/mol. The van der Waals surface area contributed by atoms with Crippen LogP contribution in [-0.4, -0.2) is 18.2 Å². The molecule has 4 N–H and O–H groups in total. The lowest BCUT2D eigenvalue weighted by Gasteiger charge is -2.28. The summed E-state index contributed by atoms with van der Waals surface area (Å²) in [7, 11) is 0. The van der Waals surface area contributed by atoms with E-state index in [9.17, 15) is 18.3 Å². The van der Waals surface area contributed by atoms with Gasteiger partial charge in [0.15, 0.2) is 0 Å². The molecule has 0 radical (unpaired) electrons. The standard InChI is InChI=1S/C13H17F3N2O/c14-13(15,16)9-1-2-10(11(17)7-9)12(19)8-3-5-18-6-4-8/h1-2,7-8,12,18-19H,3-6,17H2. The number of nitrogens with one attached hydrogen (secondary N) is 1. The summed E-state index contributed by atoms with van der Waals surface area (Å²) in [4.78, 5) is 0. The van der Waals surface area contributed by atoms with Gasteiger partial charge in [0.05, 0.1) is 11.7 Å². The highest BCUT2D eigenvalue weighted by atomic mass is 19.4. The van der Waals surface area contributed by atoms with Crippen LogP contribution in [0, 0.1) is 5.92 Å². The van der Waals surface area contributed by atoms with Crippen molar-refractivity contribution in [2.24, 2.45) is 5.92 Å². The minimum Gasteiger partial charge on any atom is -0.398 e. The highest BCUT2D eigenvalue weighted by molar-refractivity contribution is 5.51. The van der Waals surface area contributed by atoms with Crippen LogP contribution in [0.15, 0.2) is 18.2 Å². The number of piperidine rings is 1. The van der Waals surface area contributed by atoms with Crippen LogP contribution in [-0.2, 0) is 6.18 Å². The minimum absolute atomic E-state index is 0.000794. The molecule has 106 valence electrons. The number of anilines is 1. The number of aliphatic hydroxyl groups excluding tert-OH is 1. The molecule has 1 aliphatic rings. The van der Waals surface area contributed by atoms with Gasteiger partial charge in [-0.1, -0.05) is 6.07 Å². The van der Waals surface area contributed by atoms with Crippen LogP contribution in [0.2, 0.25) is 0 Å². The number of rotatable bonds is 2. The fourth-order valence-electron chi connectivity index (χ4n) is 2.43. The molecule has 1 aliphatic heterocycles. The average molecular weight is 274 g/mol. The number of hydrogen-bond donors (Lipinski definition) is 3. The molecule has 1 fully saturated rings. The highest BCUT2D eigenvalue weighted by Crippen LogP contribution is 2.36. The topological polar surface area (TPSA) is 58.3 Å². The Bertz CT molecular complexity index is 442. The van der Waals surface area contributed by atoms with Crippen molar-refractivity contribution in [1.82, 2.24) is 5.32 Å². The summed E-state index contributed by atoms with van der Waals surface area (Å²) >= 11 is 0. The maximum absolute atomic E-state index is 12.5. The van der Waals surface area contributed by atoms with E-state index in [1.54, 1.807) is 0 Å². The van der Waals surface area contributed by atoms with E-state index in [4.69, 9.17) is 5.73 Å². The molecule has 1 aromatic carbocycles. The van der Waals surface area contributed by atoms with Crippen molar-refractivity contribution < 1.29 is 18.3 Å². The van der Waals surface area contributed by atoms with Crippen molar-refractivity contribution >= 4 is 5.69 Å². The molecule has 0 saturated carbocycles. The van der Waals surface area contributed by atoms with Crippen molar-refractivity contribution in [3.63, 3.8) is 0 Å². The van der Waals surface area contributed by atoms with Gasteiger partial charge in [-0.05, 0) is 44.0 Å². The predicted octanol–water partition coefficient (Wildman–Crippen LogP) is 2.32. The molecule has 19 heavy (non-hydrogen) atoms. The molecule has 2 rings (SSSR count). The van der Waals surface area contributed by atoms with Crippen LogP contribution in [0.1, 0.15) is 30.1 Å². The summed E-state index contributed by atoms with van der Waals surface area (Å²) in [5, 5.41) is 13.4. The van der Waals surface area contributed by atoms with E-state index >= 15 is 0 Å². The summed E-state index contributed by atoms with van der Waals surface area (Å²) in [5.41, 5.74) is 5.25. The average Bonchev–Trinajstić information content (AvgIpc) is 2.38. The van der Waals surface area contributed by atoms with Crippen molar-refractivity contribution in [1.29, 1.82) is 0 Å². The number of halogens is 3. The number of benzene rings is 1. The third kappa shape index (κ3) is 3.19. The first-order valence-corrected chi connectivity index (χ1v) is 6.25. The van der Waals surface area contributed by atoms with Gasteiger partial charge < -0.3 is 16.2 Å². The summed E-state index contributed by atoms with van der Waals surface area (Å²) in [5.74, 6) is 0.0419. The fraction of sp³-hybridized carbons (Fsp3) is 0.538. The Morgan fingerprint density at radius 2 is 1.89 bits per heavy atom. The molecule has 0 spiro atoms. The van der Waals surface area contributed by atoms with Crippen LogP contribution in [0.3, 0.4) is 0 Å². The van der Waals surface area contributed by atoms with Crippen LogP contribution >= 0.6 is 0 Å². The van der Waals surface area contributed by atoms with Gasteiger partial charge in [0.25, 0.3) is 0 Å². The second kappa shape index (κ2) is 5.38. The van der Waals surface area contributed by atoms with Gasteiger partial charge >= 0.3 is 6.18 Å². The molecule has 3 nitrogen and oxygen atoms in total. The molecule has 1 atom stereocenters. The molecular formula is C13H17F3N2O. The van der Waals surface area contributed by atoms with Crippen LogP contribution in [0.5, 0.6) is 0 Å². The quantitative estimate of drug-likeness (QED) is 0.725. The Morgan fingerprint density at radius 1 is 1.26 bits per heavy atom. The van der Waals surface area contributed by atoms with E-state index in [1.807, 2.05) is 0 Å². The van der Waals surface area contributed by atoms with Crippen molar-refractivity contribution in [3.8, 4) is 0 Å². The zero-order valence-electron chi connectivity index (χ0n) is 10.4. The van der Waals surface area contributed by atoms with E-state index in [-0.39, 0.29) is 11.6 Å². The molecule has 0 amide bonds. The first kappa shape index (κ1) is 14.1. The number of aliphatic hydroxyl groups is 1. The Balaban J connectivity index is 2.20. The molecule has 1 unspecified atom stereocenters. The number of hydrogen-bond acceptors (Lipinski definition) is 3. The number of alkyl halides is 3. The molecule has 6 heteroatoms. The van der Waals surface area contributed by atoms with Gasteiger partial charge in [-0.15, -0.1) is 0 Å². The molecule has 1 saturated heterocycles. The largest absolute Gasteiger partial charge is 0.416 e. The first-order valence-electron chi connectivity index (χ1n) is 6.25. The normalized spacial score (nSPS) is 19.4. The Morgan fingerprint density at radius 3 is 2.42 bits per heavy atom. The van der Waals surface area contributed by atoms with Gasteiger partial charge in [0.2, 0.25) is 0 Å². The molecule has 1 heterocycles. The zero-order chi connectivity index (χ0) is 14.0. The lowest BCUT2D eigenvalue weighted by molar-refractivity contribution is -0.137. The molecule has 0 bridgehead atoms. The SMILES string of the molecule is Nc1cc(C(F)(F)F)ccc1C(O)C1CCNCC1. The molecule has 0 aliphatic carbocycles. The number of nitrogen functional groups attached to an aromatic ring is 1. The maximum atomic E-state index is 12.5. The smallest absolute Gasteiger partial charge is 0.398 e. The Kier molecular flexibility index (Phi) is 4.01. The summed E-state index contributed by atoms with van der Waals surface area (Å²) < 4.78 is 37.6. The molecule has 0 aromatic heterocycles. The van der Waals surface area contributed by atoms with E-state index in [1.165, 1.54) is 6.07 Å². The number of nitrogens with two attached hydrogens (primary N) is 1. The Hall–Kier alpha value is -1.27. The summed E-state index contributed by atoms with van der Waals surface area (Å²) in [6.07, 6.45) is -3.63. The second-order valence-electron chi connectivity index (χ2n) is 4.87. The van der Waals surface area contributed by atoms with Gasteiger partial charge in [-0.25, -0.2) is 0 Å². The predicted molar refractivity (Wildman–Crippen MR) is 66.4 cm³/mol. The van der Waals surface area contributed by atoms with Gasteiger partial charge in [-0.3, -0.25) is 0 Å². The van der Waals surface area contributed by atoms with E-state index < -0.39 is 17.8 Å². The first-order chi connectivity index (χ1) is 8.89. The van der Waals surface area contributed by atoms with Crippen molar-refractivity contribution in [2.45, 2.75) is 25.1 Å². The van der Waals surface area contributed by atoms with Gasteiger partial charge in [-0.2, -0.15) is 13.2 Å². The van der Waals surface area contributed by atoms with Crippen molar-refractivity contribution in [3.05, 3.63) is 29.3 Å². The summed E-state index contributed by atoms with van der Waals surface area (Å²) in [6, 6.07) is 3.14. The summed E-state index contributed by atoms with van der Waals surface area (Å²) in [6.45, 7) is 1.62.